The maximum Gasteiger partial charge on any atom is 0.294 e. The number of hydrogen-bond acceptors (Lipinski definition) is 22. The molecule has 364 valence electrons. The first kappa shape index (κ1) is 50.5. The lowest BCUT2D eigenvalue weighted by Crippen LogP contribution is -2.31. The van der Waals surface area contributed by atoms with Gasteiger partial charge >= 0.3 is 0 Å². The van der Waals surface area contributed by atoms with E-state index in [1.54, 1.807) is 43.0 Å². The van der Waals surface area contributed by atoms with Crippen LogP contribution in [-0.4, -0.2) is 114 Å². The lowest BCUT2D eigenvalue weighted by atomic mass is 10.2. The first-order chi connectivity index (χ1) is 32.9. The summed E-state index contributed by atoms with van der Waals surface area (Å²) in [6.07, 6.45) is 0. The molecule has 0 saturated heterocycles. The zero-order valence-corrected chi connectivity index (χ0v) is 41.6. The molecule has 3 aromatic heterocycles. The first-order valence-corrected chi connectivity index (χ1v) is 26.1. The molecule has 4 aromatic carbocycles. The molecule has 0 atom stereocenters. The molecule has 0 saturated carbocycles. The zero-order valence-electron chi connectivity index (χ0n) is 38.4. The normalized spacial score (nSPS) is 12.2. The lowest BCUT2D eigenvalue weighted by molar-refractivity contribution is 0.280. The van der Waals surface area contributed by atoms with Crippen molar-refractivity contribution in [2.24, 2.45) is 20.5 Å². The molecule has 0 fully saturated rings. The van der Waals surface area contributed by atoms with Gasteiger partial charge in [0.05, 0.1) is 54.8 Å². The van der Waals surface area contributed by atoms with Crippen LogP contribution in [0.1, 0.15) is 38.8 Å². The lowest BCUT2D eigenvalue weighted by Gasteiger charge is -2.24. The van der Waals surface area contributed by atoms with Crippen molar-refractivity contribution in [3.8, 4) is 0 Å². The molecule has 7 rings (SSSR count). The van der Waals surface area contributed by atoms with Gasteiger partial charge in [0.1, 0.15) is 11.4 Å². The summed E-state index contributed by atoms with van der Waals surface area (Å²) in [4.78, 5) is 28.5. The van der Waals surface area contributed by atoms with Crippen LogP contribution in [-0.2, 0) is 20.2 Å². The second-order valence-electron chi connectivity index (χ2n) is 15.2. The van der Waals surface area contributed by atoms with Crippen molar-refractivity contribution < 1.29 is 36.2 Å². The van der Waals surface area contributed by atoms with Crippen LogP contribution in [0, 0.1) is 13.8 Å². The number of aromatic nitrogens is 5. The Labute approximate surface area is 406 Å². The topological polar surface area (TPSA) is 297 Å². The van der Waals surface area contributed by atoms with Crippen molar-refractivity contribution in [1.29, 1.82) is 0 Å². The number of anilines is 7. The van der Waals surface area contributed by atoms with E-state index >= 15 is 0 Å². The van der Waals surface area contributed by atoms with E-state index < -0.39 is 20.2 Å². The van der Waals surface area contributed by atoms with Gasteiger partial charge in [0, 0.05) is 50.6 Å². The third kappa shape index (κ3) is 11.9. The van der Waals surface area contributed by atoms with Crippen LogP contribution < -0.4 is 25.3 Å². The summed E-state index contributed by atoms with van der Waals surface area (Å²) in [5.74, 6) is 0.232. The van der Waals surface area contributed by atoms with E-state index in [4.69, 9.17) is 15.0 Å². The molecule has 0 aliphatic heterocycles. The molecule has 0 amide bonds. The molecule has 26 heteroatoms. The summed E-state index contributed by atoms with van der Waals surface area (Å²) in [7, 11) is -8.95. The number of fused-ring (bicyclic) bond motifs is 2. The van der Waals surface area contributed by atoms with Gasteiger partial charge in [0.2, 0.25) is 28.1 Å². The summed E-state index contributed by atoms with van der Waals surface area (Å²) in [5.41, 5.74) is 4.70. The predicted octanol–water partition coefficient (Wildman–Crippen LogP) is 9.00. The minimum Gasteiger partial charge on any atom is -0.395 e. The Balaban J connectivity index is 1.30. The number of nitrogens with one attached hydrogen (secondary N) is 2. The van der Waals surface area contributed by atoms with Gasteiger partial charge in [-0.05, 0) is 113 Å². The maximum atomic E-state index is 12.0. The van der Waals surface area contributed by atoms with Gasteiger partial charge in [-0.15, -0.1) is 20.5 Å². The number of azo groups is 2. The molecule has 0 bridgehead atoms. The number of benzene rings is 4. The largest absolute Gasteiger partial charge is 0.395 e. The molecule has 0 unspecified atom stereocenters. The standard InChI is InChI=1S/C43H50N14O8S4/c1-7-55(8-2)27-11-13-29(51-53-42-46-33-23-37(68(60,61)62)25(5)19-35(33)66-42)31(21-27)44-39-48-40(50-41(49-39)57(15-17-58)16-18-59)45-32-22-28(56(9-3)10-4)12-14-30(32)52-54-43-47-34-24-38(69(63,64)65)26(6)20-36(34)67-43/h11-14,19-24,58-59H,7-10,15-18H2,1-6H3,(H,60,61,62)(H,63,64,65)(H2,44,45,48,49,50). The molecule has 0 spiro atoms. The third-order valence-electron chi connectivity index (χ3n) is 10.7. The molecule has 0 aliphatic carbocycles. The second kappa shape index (κ2) is 21.5. The monoisotopic (exact) mass is 1020 g/mol. The average molecular weight is 1020 g/mol. The van der Waals surface area contributed by atoms with E-state index in [9.17, 15) is 36.2 Å². The van der Waals surface area contributed by atoms with Crippen molar-refractivity contribution in [3.05, 3.63) is 71.8 Å². The van der Waals surface area contributed by atoms with Gasteiger partial charge < -0.3 is 35.5 Å². The molecular weight excluding hydrogens is 969 g/mol. The van der Waals surface area contributed by atoms with Gasteiger partial charge in [-0.1, -0.05) is 22.7 Å². The van der Waals surface area contributed by atoms with Crippen molar-refractivity contribution in [2.45, 2.75) is 51.3 Å². The Morgan fingerprint density at radius 1 is 0.551 bits per heavy atom. The van der Waals surface area contributed by atoms with Crippen LogP contribution in [0.4, 0.5) is 62.2 Å². The fourth-order valence-electron chi connectivity index (χ4n) is 7.33. The zero-order chi connectivity index (χ0) is 49.6. The fraction of sp³-hybridized carbons (Fsp3) is 0.326. The minimum atomic E-state index is -4.48. The summed E-state index contributed by atoms with van der Waals surface area (Å²) >= 11 is 2.38. The van der Waals surface area contributed by atoms with Crippen molar-refractivity contribution in [1.82, 2.24) is 24.9 Å². The van der Waals surface area contributed by atoms with Crippen molar-refractivity contribution >= 4 is 126 Å². The summed E-state index contributed by atoms with van der Waals surface area (Å²) < 4.78 is 68.7. The number of thiazole rings is 2. The molecule has 69 heavy (non-hydrogen) atoms. The van der Waals surface area contributed by atoms with Gasteiger partial charge in [-0.25, -0.2) is 9.97 Å². The number of hydrogen-bond donors (Lipinski definition) is 6. The highest BCUT2D eigenvalue weighted by Gasteiger charge is 2.21. The third-order valence-corrected chi connectivity index (χ3v) is 14.5. The van der Waals surface area contributed by atoms with E-state index in [0.717, 1.165) is 11.4 Å². The Kier molecular flexibility index (Phi) is 15.7. The Morgan fingerprint density at radius 3 is 1.32 bits per heavy atom. The summed E-state index contributed by atoms with van der Waals surface area (Å²) in [6.45, 7) is 13.7. The highest BCUT2D eigenvalue weighted by Crippen LogP contribution is 2.39. The fourth-order valence-corrected chi connectivity index (χ4v) is 10.5. The Bertz CT molecular complexity index is 3070. The van der Waals surface area contributed by atoms with E-state index in [1.807, 2.05) is 52.0 Å². The van der Waals surface area contributed by atoms with E-state index in [2.05, 4.69) is 50.9 Å². The van der Waals surface area contributed by atoms with Crippen LogP contribution in [0.15, 0.2) is 90.9 Å². The van der Waals surface area contributed by atoms with Gasteiger partial charge in [-0.3, -0.25) is 9.11 Å². The van der Waals surface area contributed by atoms with Crippen LogP contribution >= 0.6 is 22.7 Å². The number of aryl methyl sites for hydroxylation is 2. The summed E-state index contributed by atoms with van der Waals surface area (Å²) in [6, 6.07) is 16.9. The molecule has 0 aliphatic rings. The van der Waals surface area contributed by atoms with Crippen LogP contribution in [0.25, 0.3) is 20.4 Å². The smallest absolute Gasteiger partial charge is 0.294 e. The van der Waals surface area contributed by atoms with Crippen molar-refractivity contribution in [2.75, 3.05) is 77.8 Å². The SMILES string of the molecule is CCN(CC)c1ccc(N=Nc2nc3cc(S(=O)(=O)O)c(C)cc3s2)c(Nc2nc(Nc3cc(N(CC)CC)ccc3N=Nc3nc4cc(S(=O)(=O)O)c(C)cc4s3)nc(N(CCO)CCO)n2)c1. The van der Waals surface area contributed by atoms with E-state index in [0.29, 0.717) is 80.5 Å². The number of nitrogens with zero attached hydrogens (tertiary/aromatic N) is 12. The van der Waals surface area contributed by atoms with Gasteiger partial charge in [0.25, 0.3) is 20.2 Å². The highest BCUT2D eigenvalue weighted by molar-refractivity contribution is 7.86. The van der Waals surface area contributed by atoms with Gasteiger partial charge in [0.15, 0.2) is 0 Å². The van der Waals surface area contributed by atoms with E-state index in [1.165, 1.54) is 34.8 Å². The summed E-state index contributed by atoms with van der Waals surface area (Å²) in [5, 5.41) is 45.0. The molecule has 22 nitrogen and oxygen atoms in total. The van der Waals surface area contributed by atoms with Crippen LogP contribution in [0.2, 0.25) is 0 Å². The van der Waals surface area contributed by atoms with Crippen LogP contribution in [0.3, 0.4) is 0 Å². The quantitative estimate of drug-likeness (QED) is 0.0289. The average Bonchev–Trinajstić information content (AvgIpc) is 3.90. The molecule has 7 aromatic rings. The van der Waals surface area contributed by atoms with Crippen molar-refractivity contribution in [3.63, 3.8) is 0 Å². The number of rotatable bonds is 21. The van der Waals surface area contributed by atoms with E-state index in [-0.39, 0.29) is 64.2 Å². The number of aliphatic hydroxyl groups excluding tert-OH is 2. The molecule has 6 N–H and O–H groups in total. The number of aliphatic hydroxyl groups is 2. The Hall–Kier alpha value is -6.39. The second-order valence-corrected chi connectivity index (χ2v) is 20.0. The van der Waals surface area contributed by atoms with Gasteiger partial charge in [-0.2, -0.15) is 31.8 Å². The minimum absolute atomic E-state index is 0.0573. The molecule has 0 radical (unpaired) electrons. The molecular formula is C43H50N14O8S4. The van der Waals surface area contributed by atoms with Crippen LogP contribution in [0.5, 0.6) is 0 Å². The predicted molar refractivity (Wildman–Crippen MR) is 269 cm³/mol. The molecule has 3 heterocycles. The Morgan fingerprint density at radius 2 is 0.957 bits per heavy atom. The first-order valence-electron chi connectivity index (χ1n) is 21.6. The highest BCUT2D eigenvalue weighted by atomic mass is 32.2. The maximum absolute atomic E-state index is 12.0.